The number of rotatable bonds is 5. The lowest BCUT2D eigenvalue weighted by Crippen LogP contribution is -2.11. The van der Waals surface area contributed by atoms with Gasteiger partial charge in [0.1, 0.15) is 5.82 Å². The van der Waals surface area contributed by atoms with E-state index in [1.165, 1.54) is 11.5 Å². The Balaban J connectivity index is 2.50. The smallest absolute Gasteiger partial charge is 0.202 e. The fourth-order valence-corrected chi connectivity index (χ4v) is 1.72. The molecule has 0 fully saturated rings. The second-order valence-corrected chi connectivity index (χ2v) is 4.32. The molecule has 0 saturated carbocycles. The molecule has 1 aromatic heterocycles. The number of aromatic nitrogens is 2. The second-order valence-electron chi connectivity index (χ2n) is 3.57. The zero-order valence-electron chi connectivity index (χ0n) is 9.07. The van der Waals surface area contributed by atoms with Crippen LogP contribution in [0.15, 0.2) is 0 Å². The molecule has 80 valence electrons. The molecular weight excluding hydrogens is 198 g/mol. The fraction of sp³-hybridized carbons (Fsp3) is 0.778. The number of anilines is 1. The second kappa shape index (κ2) is 5.26. The summed E-state index contributed by atoms with van der Waals surface area (Å²) in [5.41, 5.74) is 0. The van der Waals surface area contributed by atoms with Crippen molar-refractivity contribution in [2.24, 2.45) is 0 Å². The molecule has 0 aliphatic rings. The quantitative estimate of drug-likeness (QED) is 0.815. The molecule has 5 heteroatoms. The van der Waals surface area contributed by atoms with Crippen molar-refractivity contribution in [3.05, 3.63) is 5.82 Å². The predicted molar refractivity (Wildman–Crippen MR) is 58.8 cm³/mol. The normalized spacial score (nSPS) is 13.2. The number of nitrogens with zero attached hydrogens (tertiary/aromatic N) is 2. The van der Waals surface area contributed by atoms with Crippen molar-refractivity contribution in [3.63, 3.8) is 0 Å². The molecule has 0 radical (unpaired) electrons. The first-order valence-electron chi connectivity index (χ1n) is 4.73. The summed E-state index contributed by atoms with van der Waals surface area (Å²) in [6.07, 6.45) is 0.948. The Labute approximate surface area is 88.9 Å². The number of hydrogen-bond acceptors (Lipinski definition) is 5. The van der Waals surface area contributed by atoms with Crippen molar-refractivity contribution in [1.29, 1.82) is 0 Å². The van der Waals surface area contributed by atoms with Gasteiger partial charge in [0.05, 0.1) is 6.10 Å². The third kappa shape index (κ3) is 3.59. The van der Waals surface area contributed by atoms with Crippen LogP contribution in [0.2, 0.25) is 0 Å². The first kappa shape index (κ1) is 11.4. The van der Waals surface area contributed by atoms with Crippen LogP contribution in [0.4, 0.5) is 5.13 Å². The van der Waals surface area contributed by atoms with Gasteiger partial charge < -0.3 is 10.1 Å². The SMILES string of the molecule is COC(C)Cc1nsc(NC(C)C)n1. The van der Waals surface area contributed by atoms with Crippen molar-refractivity contribution in [2.45, 2.75) is 39.3 Å². The third-order valence-corrected chi connectivity index (χ3v) is 2.44. The highest BCUT2D eigenvalue weighted by molar-refractivity contribution is 7.09. The third-order valence-electron chi connectivity index (χ3n) is 1.75. The Bertz CT molecular complexity index is 275. The summed E-state index contributed by atoms with van der Waals surface area (Å²) in [6.45, 7) is 6.17. The Kier molecular flexibility index (Phi) is 4.28. The fourth-order valence-electron chi connectivity index (χ4n) is 0.983. The van der Waals surface area contributed by atoms with Gasteiger partial charge in [-0.1, -0.05) is 0 Å². The maximum atomic E-state index is 5.15. The maximum Gasteiger partial charge on any atom is 0.202 e. The van der Waals surface area contributed by atoms with Crippen molar-refractivity contribution >= 4 is 16.7 Å². The van der Waals surface area contributed by atoms with Gasteiger partial charge in [-0.15, -0.1) is 0 Å². The topological polar surface area (TPSA) is 47.0 Å². The molecule has 1 aromatic rings. The maximum absolute atomic E-state index is 5.15. The van der Waals surface area contributed by atoms with Gasteiger partial charge in [0.2, 0.25) is 5.13 Å². The molecular formula is C9H17N3OS. The van der Waals surface area contributed by atoms with E-state index >= 15 is 0 Å². The highest BCUT2D eigenvalue weighted by atomic mass is 32.1. The van der Waals surface area contributed by atoms with Crippen LogP contribution in [0.1, 0.15) is 26.6 Å². The largest absolute Gasteiger partial charge is 0.381 e. The minimum Gasteiger partial charge on any atom is -0.381 e. The predicted octanol–water partition coefficient (Wildman–Crippen LogP) is 1.94. The van der Waals surface area contributed by atoms with Gasteiger partial charge in [-0.2, -0.15) is 4.37 Å². The summed E-state index contributed by atoms with van der Waals surface area (Å²) < 4.78 is 9.39. The molecule has 1 unspecified atom stereocenters. The monoisotopic (exact) mass is 215 g/mol. The lowest BCUT2D eigenvalue weighted by molar-refractivity contribution is 0.117. The molecule has 1 rings (SSSR count). The Morgan fingerprint density at radius 2 is 2.14 bits per heavy atom. The Hall–Kier alpha value is -0.680. The summed E-state index contributed by atoms with van der Waals surface area (Å²) in [5, 5.41) is 4.11. The highest BCUT2D eigenvalue weighted by Crippen LogP contribution is 2.13. The van der Waals surface area contributed by atoms with Crippen LogP contribution in [0.25, 0.3) is 0 Å². The molecule has 0 aromatic carbocycles. The molecule has 1 atom stereocenters. The van der Waals surface area contributed by atoms with E-state index in [1.807, 2.05) is 6.92 Å². The van der Waals surface area contributed by atoms with Gasteiger partial charge in [0, 0.05) is 31.1 Å². The summed E-state index contributed by atoms with van der Waals surface area (Å²) in [7, 11) is 1.70. The van der Waals surface area contributed by atoms with Gasteiger partial charge in [-0.05, 0) is 20.8 Å². The molecule has 0 bridgehead atoms. The Morgan fingerprint density at radius 3 is 2.71 bits per heavy atom. The van der Waals surface area contributed by atoms with E-state index in [2.05, 4.69) is 28.5 Å². The minimum atomic E-state index is 0.177. The van der Waals surface area contributed by atoms with E-state index in [-0.39, 0.29) is 6.10 Å². The van der Waals surface area contributed by atoms with Crippen LogP contribution in [-0.2, 0) is 11.2 Å². The van der Waals surface area contributed by atoms with Crippen molar-refractivity contribution in [3.8, 4) is 0 Å². The van der Waals surface area contributed by atoms with Crippen LogP contribution >= 0.6 is 11.5 Å². The van der Waals surface area contributed by atoms with Gasteiger partial charge >= 0.3 is 0 Å². The van der Waals surface area contributed by atoms with E-state index in [1.54, 1.807) is 7.11 Å². The molecule has 1 heterocycles. The van der Waals surface area contributed by atoms with Crippen molar-refractivity contribution < 1.29 is 4.74 Å². The number of methoxy groups -OCH3 is 1. The van der Waals surface area contributed by atoms with Crippen LogP contribution in [0.3, 0.4) is 0 Å². The zero-order chi connectivity index (χ0) is 10.6. The molecule has 0 amide bonds. The van der Waals surface area contributed by atoms with Gasteiger partial charge in [0.25, 0.3) is 0 Å². The van der Waals surface area contributed by atoms with E-state index in [4.69, 9.17) is 4.74 Å². The summed E-state index contributed by atoms with van der Waals surface area (Å²) in [4.78, 5) is 4.35. The number of hydrogen-bond donors (Lipinski definition) is 1. The van der Waals surface area contributed by atoms with E-state index < -0.39 is 0 Å². The van der Waals surface area contributed by atoms with Crippen LogP contribution in [0.5, 0.6) is 0 Å². The number of nitrogens with one attached hydrogen (secondary N) is 1. The van der Waals surface area contributed by atoms with Gasteiger partial charge in [-0.3, -0.25) is 0 Å². The van der Waals surface area contributed by atoms with Gasteiger partial charge in [-0.25, -0.2) is 4.98 Å². The highest BCUT2D eigenvalue weighted by Gasteiger charge is 2.08. The summed E-state index contributed by atoms with van der Waals surface area (Å²) in [5.74, 6) is 0.854. The lowest BCUT2D eigenvalue weighted by atomic mass is 10.3. The molecule has 14 heavy (non-hydrogen) atoms. The van der Waals surface area contributed by atoms with E-state index in [0.717, 1.165) is 17.4 Å². The zero-order valence-corrected chi connectivity index (χ0v) is 9.89. The van der Waals surface area contributed by atoms with Crippen LogP contribution < -0.4 is 5.32 Å². The number of ether oxygens (including phenoxy) is 1. The molecule has 0 aliphatic heterocycles. The summed E-state index contributed by atoms with van der Waals surface area (Å²) >= 11 is 1.40. The first-order valence-corrected chi connectivity index (χ1v) is 5.51. The minimum absolute atomic E-state index is 0.177. The van der Waals surface area contributed by atoms with Crippen LogP contribution in [-0.4, -0.2) is 28.6 Å². The summed E-state index contributed by atoms with van der Waals surface area (Å²) in [6, 6.07) is 0.399. The average Bonchev–Trinajstić information content (AvgIpc) is 2.51. The molecule has 0 saturated heterocycles. The average molecular weight is 215 g/mol. The molecule has 4 nitrogen and oxygen atoms in total. The van der Waals surface area contributed by atoms with Crippen molar-refractivity contribution in [2.75, 3.05) is 12.4 Å². The van der Waals surface area contributed by atoms with E-state index in [9.17, 15) is 0 Å². The molecule has 0 spiro atoms. The first-order chi connectivity index (χ1) is 6.61. The van der Waals surface area contributed by atoms with E-state index in [0.29, 0.717) is 6.04 Å². The molecule has 1 N–H and O–H groups in total. The van der Waals surface area contributed by atoms with Crippen LogP contribution in [0, 0.1) is 0 Å². The standard InChI is InChI=1S/C9H17N3OS/c1-6(2)10-9-11-8(12-14-9)5-7(3)13-4/h6-7H,5H2,1-4H3,(H,10,11,12). The van der Waals surface area contributed by atoms with Crippen molar-refractivity contribution in [1.82, 2.24) is 9.36 Å². The Morgan fingerprint density at radius 1 is 1.43 bits per heavy atom. The lowest BCUT2D eigenvalue weighted by Gasteiger charge is -2.05. The van der Waals surface area contributed by atoms with Gasteiger partial charge in [0.15, 0.2) is 0 Å². The molecule has 0 aliphatic carbocycles.